The molecular formula is C16H11BN4O2. The lowest BCUT2D eigenvalue weighted by atomic mass is 9.63. The van der Waals surface area contributed by atoms with Crippen molar-refractivity contribution in [2.75, 3.05) is 0 Å². The van der Waals surface area contributed by atoms with E-state index in [4.69, 9.17) is 5.26 Å². The van der Waals surface area contributed by atoms with Gasteiger partial charge in [-0.25, -0.2) is 5.26 Å². The number of allylic oxidation sites excluding steroid dienone is 1. The molecule has 2 aromatic carbocycles. The summed E-state index contributed by atoms with van der Waals surface area (Å²) in [5.41, 5.74) is 2.59. The van der Waals surface area contributed by atoms with Crippen molar-refractivity contribution in [1.29, 1.82) is 5.26 Å². The van der Waals surface area contributed by atoms with Crippen LogP contribution in [-0.4, -0.2) is 32.8 Å². The zero-order valence-electron chi connectivity index (χ0n) is 12.0. The van der Waals surface area contributed by atoms with E-state index < -0.39 is 6.92 Å². The molecular weight excluding hydrogens is 291 g/mol. The van der Waals surface area contributed by atoms with E-state index in [1.54, 1.807) is 48.4 Å². The summed E-state index contributed by atoms with van der Waals surface area (Å²) in [4.78, 5) is 12.2. The van der Waals surface area contributed by atoms with Crippen LogP contribution in [0, 0.1) is 11.2 Å². The van der Waals surface area contributed by atoms with E-state index in [1.165, 1.54) is 10.8 Å². The fraction of sp³-hybridized carbons (Fsp3) is 0. The van der Waals surface area contributed by atoms with Gasteiger partial charge >= 0.3 is 6.92 Å². The number of nitriles is 1. The summed E-state index contributed by atoms with van der Waals surface area (Å²) in [5.74, 6) is 1.45. The first-order valence-electron chi connectivity index (χ1n) is 6.89. The van der Waals surface area contributed by atoms with Crippen molar-refractivity contribution in [3.05, 3.63) is 60.2 Å². The number of carbonyl (C=O) groups excluding carboxylic acids is 1. The Morgan fingerprint density at radius 1 is 1.22 bits per heavy atom. The van der Waals surface area contributed by atoms with Crippen molar-refractivity contribution in [3.63, 3.8) is 0 Å². The molecule has 0 bridgehead atoms. The number of benzene rings is 2. The lowest BCUT2D eigenvalue weighted by Crippen LogP contribution is -2.28. The highest BCUT2D eigenvalue weighted by Crippen LogP contribution is 2.10. The number of hydrogen-bond acceptors (Lipinski definition) is 5. The number of rotatable bonds is 3. The first-order valence-corrected chi connectivity index (χ1v) is 6.89. The maximum absolute atomic E-state index is 12.2. The Hall–Kier alpha value is -3.24. The summed E-state index contributed by atoms with van der Waals surface area (Å²) in [5, 5.41) is 25.9. The molecule has 23 heavy (non-hydrogen) atoms. The van der Waals surface area contributed by atoms with E-state index in [2.05, 4.69) is 10.3 Å². The van der Waals surface area contributed by atoms with Crippen LogP contribution in [0.15, 0.2) is 54.6 Å². The quantitative estimate of drug-likeness (QED) is 0.576. The summed E-state index contributed by atoms with van der Waals surface area (Å²) in [6, 6.07) is 13.9. The van der Waals surface area contributed by atoms with E-state index in [0.29, 0.717) is 16.5 Å². The molecule has 0 atom stereocenters. The third-order valence-electron chi connectivity index (χ3n) is 3.35. The summed E-state index contributed by atoms with van der Waals surface area (Å²) < 4.78 is 1.24. The van der Waals surface area contributed by atoms with E-state index in [-0.39, 0.29) is 5.91 Å². The molecule has 0 amide bonds. The molecule has 0 fully saturated rings. The second-order valence-electron chi connectivity index (χ2n) is 4.86. The molecule has 7 heteroatoms. The molecule has 0 saturated carbocycles. The van der Waals surface area contributed by atoms with Gasteiger partial charge < -0.3 is 5.02 Å². The van der Waals surface area contributed by atoms with Crippen LogP contribution in [-0.2, 0) is 0 Å². The molecule has 0 saturated heterocycles. The van der Waals surface area contributed by atoms with Gasteiger partial charge in [-0.15, -0.1) is 5.10 Å². The lowest BCUT2D eigenvalue weighted by molar-refractivity contribution is 0.0958. The molecule has 1 N–H and O–H groups in total. The lowest BCUT2D eigenvalue weighted by Gasteiger charge is -1.99. The average Bonchev–Trinajstić information content (AvgIpc) is 3.03. The molecule has 0 radical (unpaired) electrons. The van der Waals surface area contributed by atoms with E-state index in [1.807, 2.05) is 12.1 Å². The molecule has 110 valence electrons. The number of aromatic nitrogens is 3. The van der Waals surface area contributed by atoms with Crippen LogP contribution >= 0.6 is 0 Å². The molecule has 1 aromatic heterocycles. The van der Waals surface area contributed by atoms with Gasteiger partial charge in [0.05, 0.1) is 5.52 Å². The van der Waals surface area contributed by atoms with Gasteiger partial charge in [-0.05, 0) is 29.2 Å². The second kappa shape index (κ2) is 6.26. The van der Waals surface area contributed by atoms with Gasteiger partial charge in [0.1, 0.15) is 5.52 Å². The summed E-state index contributed by atoms with van der Waals surface area (Å²) >= 11 is 0. The van der Waals surface area contributed by atoms with Crippen molar-refractivity contribution in [1.82, 2.24) is 15.0 Å². The first kappa shape index (κ1) is 14.7. The Morgan fingerprint density at radius 3 is 2.70 bits per heavy atom. The van der Waals surface area contributed by atoms with E-state index >= 15 is 0 Å². The average molecular weight is 302 g/mol. The summed E-state index contributed by atoms with van der Waals surface area (Å²) in [6.07, 6.45) is 3.04. The molecule has 0 aliphatic heterocycles. The smallest absolute Gasteiger partial charge is 0.435 e. The molecule has 0 unspecified atom stereocenters. The van der Waals surface area contributed by atoms with Gasteiger partial charge in [0.25, 0.3) is 5.91 Å². The van der Waals surface area contributed by atoms with Crippen LogP contribution in [0.25, 0.3) is 17.1 Å². The zero-order chi connectivity index (χ0) is 16.2. The molecule has 6 nitrogen and oxygen atoms in total. The Balaban J connectivity index is 1.80. The Bertz CT molecular complexity index is 925. The monoisotopic (exact) mass is 302 g/mol. The Kier molecular flexibility index (Phi) is 4.00. The third kappa shape index (κ3) is 3.02. The van der Waals surface area contributed by atoms with Crippen molar-refractivity contribution in [2.24, 2.45) is 0 Å². The second-order valence-corrected chi connectivity index (χ2v) is 4.86. The maximum atomic E-state index is 12.2. The predicted octanol–water partition coefficient (Wildman–Crippen LogP) is 1.04. The van der Waals surface area contributed by atoms with Crippen molar-refractivity contribution in [3.8, 4) is 5.97 Å². The number of fused-ring (bicyclic) bond motifs is 1. The third-order valence-corrected chi connectivity index (χ3v) is 3.35. The molecule has 1 heterocycles. The van der Waals surface area contributed by atoms with Crippen molar-refractivity contribution >= 4 is 35.4 Å². The molecule has 3 aromatic rings. The van der Waals surface area contributed by atoms with Gasteiger partial charge in [-0.3, -0.25) is 4.79 Å². The first-order chi connectivity index (χ1) is 11.2. The van der Waals surface area contributed by atoms with Crippen molar-refractivity contribution in [2.45, 2.75) is 0 Å². The van der Waals surface area contributed by atoms with Crippen LogP contribution in [0.2, 0.25) is 0 Å². The van der Waals surface area contributed by atoms with Crippen LogP contribution in [0.5, 0.6) is 0 Å². The summed E-state index contributed by atoms with van der Waals surface area (Å²) in [6.45, 7) is -1.14. The highest BCUT2D eigenvalue weighted by atomic mass is 16.2. The fourth-order valence-electron chi connectivity index (χ4n) is 2.13. The molecule has 0 spiro atoms. The van der Waals surface area contributed by atoms with Crippen LogP contribution < -0.4 is 5.46 Å². The van der Waals surface area contributed by atoms with Gasteiger partial charge in [0.15, 0.2) is 0 Å². The van der Waals surface area contributed by atoms with Gasteiger partial charge in [-0.2, -0.15) is 4.68 Å². The van der Waals surface area contributed by atoms with Gasteiger partial charge in [0, 0.05) is 12.0 Å². The van der Waals surface area contributed by atoms with Crippen LogP contribution in [0.1, 0.15) is 10.4 Å². The van der Waals surface area contributed by atoms with Crippen molar-refractivity contribution < 1.29 is 9.82 Å². The van der Waals surface area contributed by atoms with Crippen LogP contribution in [0.3, 0.4) is 0 Å². The normalized spacial score (nSPS) is 10.8. The molecule has 3 rings (SSSR count). The highest BCUT2D eigenvalue weighted by molar-refractivity contribution is 6.73. The Labute approximate surface area is 132 Å². The van der Waals surface area contributed by atoms with Gasteiger partial charge in [0.2, 0.25) is 0 Å². The topological polar surface area (TPSA) is 91.8 Å². The SMILES string of the molecule is N#CB(O)c1ccc(/C=C/C(=O)n2nnc3ccccc32)cc1. The number of nitrogens with zero attached hydrogens (tertiary/aromatic N) is 4. The van der Waals surface area contributed by atoms with Crippen LogP contribution in [0.4, 0.5) is 0 Å². The van der Waals surface area contributed by atoms with E-state index in [9.17, 15) is 9.82 Å². The number of hydrogen-bond donors (Lipinski definition) is 1. The Morgan fingerprint density at radius 2 is 1.96 bits per heavy atom. The minimum absolute atomic E-state index is 0.306. The molecule has 0 aliphatic rings. The molecule has 0 aliphatic carbocycles. The highest BCUT2D eigenvalue weighted by Gasteiger charge is 2.12. The zero-order valence-corrected chi connectivity index (χ0v) is 12.0. The fourth-order valence-corrected chi connectivity index (χ4v) is 2.13. The van der Waals surface area contributed by atoms with Gasteiger partial charge in [-0.1, -0.05) is 41.6 Å². The van der Waals surface area contributed by atoms with E-state index in [0.717, 1.165) is 5.56 Å². The summed E-state index contributed by atoms with van der Waals surface area (Å²) in [7, 11) is 0. The minimum Gasteiger partial charge on any atom is -0.435 e. The number of para-hydroxylation sites is 1. The minimum atomic E-state index is -1.14. The standard InChI is InChI=1S/C16H11BN4O2/c18-11-17(23)13-8-5-12(6-9-13)7-10-16(22)21-15-4-2-1-3-14(15)19-20-21/h1-10,23H/b10-7+. The number of carbonyl (C=O) groups is 1. The predicted molar refractivity (Wildman–Crippen MR) is 86.9 cm³/mol. The largest absolute Gasteiger partial charge is 0.445 e. The maximum Gasteiger partial charge on any atom is 0.445 e.